The van der Waals surface area contributed by atoms with Crippen LogP contribution in [0.5, 0.6) is 5.75 Å². The number of hydrogen-bond donors (Lipinski definition) is 2. The SMILES string of the molecule is Oc1ccccc1-c1ccc(C=NNc2nc(-c3ccccc3)cs2)cc1. The maximum absolute atomic E-state index is 9.94. The molecule has 0 radical (unpaired) electrons. The predicted octanol–water partition coefficient (Wildman–Crippen LogP) is 5.63. The van der Waals surface area contributed by atoms with Crippen molar-refractivity contribution in [2.75, 3.05) is 5.43 Å². The molecule has 0 atom stereocenters. The molecule has 4 rings (SSSR count). The van der Waals surface area contributed by atoms with E-state index in [1.54, 1.807) is 12.3 Å². The molecule has 0 aliphatic rings. The van der Waals surface area contributed by atoms with Crippen molar-refractivity contribution in [1.29, 1.82) is 0 Å². The van der Waals surface area contributed by atoms with Crippen LogP contribution in [0.15, 0.2) is 89.3 Å². The van der Waals surface area contributed by atoms with Crippen LogP contribution in [0.2, 0.25) is 0 Å². The van der Waals surface area contributed by atoms with E-state index in [9.17, 15) is 5.11 Å². The van der Waals surface area contributed by atoms with Gasteiger partial charge >= 0.3 is 0 Å². The van der Waals surface area contributed by atoms with Crippen LogP contribution in [-0.2, 0) is 0 Å². The number of hydrazone groups is 1. The van der Waals surface area contributed by atoms with Gasteiger partial charge in [0, 0.05) is 16.5 Å². The van der Waals surface area contributed by atoms with Crippen molar-refractivity contribution in [1.82, 2.24) is 4.98 Å². The molecule has 0 amide bonds. The molecular weight excluding hydrogens is 354 g/mol. The molecule has 4 nitrogen and oxygen atoms in total. The van der Waals surface area contributed by atoms with Gasteiger partial charge in [-0.2, -0.15) is 5.10 Å². The van der Waals surface area contributed by atoms with Gasteiger partial charge in [0.05, 0.1) is 11.9 Å². The first kappa shape index (κ1) is 17.0. The highest BCUT2D eigenvalue weighted by Crippen LogP contribution is 2.28. The van der Waals surface area contributed by atoms with Gasteiger partial charge in [0.15, 0.2) is 0 Å². The topological polar surface area (TPSA) is 57.5 Å². The summed E-state index contributed by atoms with van der Waals surface area (Å²) in [5.74, 6) is 0.276. The Morgan fingerprint density at radius 3 is 2.37 bits per heavy atom. The molecule has 1 heterocycles. The van der Waals surface area contributed by atoms with Gasteiger partial charge < -0.3 is 5.11 Å². The van der Waals surface area contributed by atoms with E-state index >= 15 is 0 Å². The molecule has 0 saturated carbocycles. The minimum absolute atomic E-state index is 0.276. The van der Waals surface area contributed by atoms with Crippen molar-refractivity contribution < 1.29 is 5.11 Å². The fourth-order valence-electron chi connectivity index (χ4n) is 2.70. The fourth-order valence-corrected chi connectivity index (χ4v) is 3.36. The highest BCUT2D eigenvalue weighted by Gasteiger charge is 2.04. The first-order valence-corrected chi connectivity index (χ1v) is 9.36. The number of nitrogens with one attached hydrogen (secondary N) is 1. The lowest BCUT2D eigenvalue weighted by Crippen LogP contribution is -1.90. The smallest absolute Gasteiger partial charge is 0.203 e. The number of anilines is 1. The zero-order valence-corrected chi connectivity index (χ0v) is 15.2. The largest absolute Gasteiger partial charge is 0.507 e. The summed E-state index contributed by atoms with van der Waals surface area (Å²) in [7, 11) is 0. The second kappa shape index (κ2) is 7.85. The number of para-hydroxylation sites is 1. The lowest BCUT2D eigenvalue weighted by Gasteiger charge is -2.04. The second-order valence-corrected chi connectivity index (χ2v) is 6.77. The highest BCUT2D eigenvalue weighted by atomic mass is 32.1. The standard InChI is InChI=1S/C22H17N3OS/c26-21-9-5-4-8-19(21)17-12-10-16(11-13-17)14-23-25-22-24-20(15-27-22)18-6-2-1-3-7-18/h1-15,26H,(H,24,25). The molecule has 4 aromatic rings. The van der Waals surface area contributed by atoms with Crippen LogP contribution in [0, 0.1) is 0 Å². The molecular formula is C22H17N3OS. The molecule has 0 fully saturated rings. The van der Waals surface area contributed by atoms with Crippen LogP contribution in [-0.4, -0.2) is 16.3 Å². The minimum atomic E-state index is 0.276. The third-order valence-electron chi connectivity index (χ3n) is 4.07. The summed E-state index contributed by atoms with van der Waals surface area (Å²) in [6.07, 6.45) is 1.75. The van der Waals surface area contributed by atoms with Crippen molar-refractivity contribution in [2.24, 2.45) is 5.10 Å². The molecule has 5 heteroatoms. The van der Waals surface area contributed by atoms with Crippen molar-refractivity contribution in [3.63, 3.8) is 0 Å². The van der Waals surface area contributed by atoms with Crippen LogP contribution in [0.3, 0.4) is 0 Å². The average Bonchev–Trinajstić information content (AvgIpc) is 3.19. The number of aromatic nitrogens is 1. The van der Waals surface area contributed by atoms with Gasteiger partial charge in [0.25, 0.3) is 0 Å². The molecule has 1 aromatic heterocycles. The number of thiazole rings is 1. The van der Waals surface area contributed by atoms with Crippen molar-refractivity contribution >= 4 is 22.7 Å². The normalized spacial score (nSPS) is 11.0. The number of nitrogens with zero attached hydrogens (tertiary/aromatic N) is 2. The molecule has 0 spiro atoms. The lowest BCUT2D eigenvalue weighted by atomic mass is 10.0. The van der Waals surface area contributed by atoms with Crippen LogP contribution >= 0.6 is 11.3 Å². The number of rotatable bonds is 5. The van der Waals surface area contributed by atoms with Gasteiger partial charge in [-0.15, -0.1) is 11.3 Å². The van der Waals surface area contributed by atoms with Crippen LogP contribution < -0.4 is 5.43 Å². The van der Waals surface area contributed by atoms with E-state index in [4.69, 9.17) is 0 Å². The monoisotopic (exact) mass is 371 g/mol. The van der Waals surface area contributed by atoms with Gasteiger partial charge in [0.1, 0.15) is 5.75 Å². The predicted molar refractivity (Wildman–Crippen MR) is 112 cm³/mol. The Balaban J connectivity index is 1.42. The molecule has 0 aliphatic heterocycles. The summed E-state index contributed by atoms with van der Waals surface area (Å²) in [6.45, 7) is 0. The average molecular weight is 371 g/mol. The molecule has 2 N–H and O–H groups in total. The molecule has 0 bridgehead atoms. The molecule has 27 heavy (non-hydrogen) atoms. The summed E-state index contributed by atoms with van der Waals surface area (Å²) in [4.78, 5) is 4.54. The Hall–Kier alpha value is -3.44. The Kier molecular flexibility index (Phi) is 4.94. The van der Waals surface area contributed by atoms with Gasteiger partial charge in [0.2, 0.25) is 5.13 Å². The Morgan fingerprint density at radius 2 is 1.59 bits per heavy atom. The molecule has 132 valence electrons. The van der Waals surface area contributed by atoms with Gasteiger partial charge in [-0.05, 0) is 17.2 Å². The zero-order valence-electron chi connectivity index (χ0n) is 14.4. The first-order chi connectivity index (χ1) is 13.3. The van der Waals surface area contributed by atoms with E-state index < -0.39 is 0 Å². The van der Waals surface area contributed by atoms with Crippen molar-refractivity contribution in [3.05, 3.63) is 89.8 Å². The summed E-state index contributed by atoms with van der Waals surface area (Å²) in [5, 5.41) is 17.0. The second-order valence-electron chi connectivity index (χ2n) is 5.91. The lowest BCUT2D eigenvalue weighted by molar-refractivity contribution is 0.477. The first-order valence-electron chi connectivity index (χ1n) is 8.48. The Labute approximate surface area is 161 Å². The summed E-state index contributed by atoms with van der Waals surface area (Å²) < 4.78 is 0. The maximum Gasteiger partial charge on any atom is 0.203 e. The molecule has 0 unspecified atom stereocenters. The van der Waals surface area contributed by atoms with E-state index in [2.05, 4.69) is 15.5 Å². The molecule has 0 saturated heterocycles. The number of phenols is 1. The third-order valence-corrected chi connectivity index (χ3v) is 4.82. The van der Waals surface area contributed by atoms with E-state index in [-0.39, 0.29) is 5.75 Å². The highest BCUT2D eigenvalue weighted by molar-refractivity contribution is 7.14. The number of hydrogen-bond acceptors (Lipinski definition) is 5. The van der Waals surface area contributed by atoms with E-state index in [1.807, 2.05) is 78.2 Å². The zero-order chi connectivity index (χ0) is 18.5. The van der Waals surface area contributed by atoms with Crippen molar-refractivity contribution in [3.8, 4) is 28.1 Å². The fraction of sp³-hybridized carbons (Fsp3) is 0. The van der Waals surface area contributed by atoms with Crippen molar-refractivity contribution in [2.45, 2.75) is 0 Å². The quantitative estimate of drug-likeness (QED) is 0.353. The number of aromatic hydroxyl groups is 1. The Morgan fingerprint density at radius 1 is 0.852 bits per heavy atom. The Bertz CT molecular complexity index is 1060. The third kappa shape index (κ3) is 4.04. The van der Waals surface area contributed by atoms with Gasteiger partial charge in [-0.1, -0.05) is 72.8 Å². The van der Waals surface area contributed by atoms with Crippen LogP contribution in [0.25, 0.3) is 22.4 Å². The van der Waals surface area contributed by atoms with Gasteiger partial charge in [-0.25, -0.2) is 4.98 Å². The minimum Gasteiger partial charge on any atom is -0.507 e. The van der Waals surface area contributed by atoms with Crippen LogP contribution in [0.4, 0.5) is 5.13 Å². The summed E-state index contributed by atoms with van der Waals surface area (Å²) >= 11 is 1.52. The van der Waals surface area contributed by atoms with Crippen LogP contribution in [0.1, 0.15) is 5.56 Å². The number of phenolic OH excluding ortho intramolecular Hbond substituents is 1. The number of benzene rings is 3. The molecule has 0 aliphatic carbocycles. The van der Waals surface area contributed by atoms with E-state index in [1.165, 1.54) is 11.3 Å². The van der Waals surface area contributed by atoms with E-state index in [0.29, 0.717) is 0 Å². The van der Waals surface area contributed by atoms with Gasteiger partial charge in [-0.3, -0.25) is 5.43 Å². The summed E-state index contributed by atoms with van der Waals surface area (Å²) in [6, 6.07) is 25.2. The van der Waals surface area contributed by atoms with E-state index in [0.717, 1.165) is 33.1 Å². The maximum atomic E-state index is 9.94. The summed E-state index contributed by atoms with van der Waals surface area (Å²) in [5.41, 5.74) is 7.74. The molecule has 3 aromatic carbocycles.